The minimum absolute atomic E-state index is 0.340. The fraction of sp³-hybridized carbons (Fsp3) is 0.200. The summed E-state index contributed by atoms with van der Waals surface area (Å²) >= 11 is 0. The number of hydrogen-bond donors (Lipinski definition) is 3. The molecule has 1 unspecified atom stereocenters. The third-order valence-electron chi connectivity index (χ3n) is 4.83. The molecular formula is C25H26F2N4O2. The number of amides is 1. The Morgan fingerprint density at radius 3 is 2.64 bits per heavy atom. The van der Waals surface area contributed by atoms with Crippen molar-refractivity contribution in [2.24, 2.45) is 0 Å². The summed E-state index contributed by atoms with van der Waals surface area (Å²) in [6.45, 7) is 2.49. The van der Waals surface area contributed by atoms with Gasteiger partial charge in [-0.25, -0.2) is 13.8 Å². The first-order valence-corrected chi connectivity index (χ1v) is 10.5. The van der Waals surface area contributed by atoms with E-state index in [9.17, 15) is 13.6 Å². The van der Waals surface area contributed by atoms with E-state index >= 15 is 0 Å². The second kappa shape index (κ2) is 11.6. The first-order valence-electron chi connectivity index (χ1n) is 10.5. The summed E-state index contributed by atoms with van der Waals surface area (Å²) in [4.78, 5) is 17.0. The van der Waals surface area contributed by atoms with Crippen LogP contribution in [0.4, 0.5) is 14.6 Å². The van der Waals surface area contributed by atoms with Crippen molar-refractivity contribution in [3.8, 4) is 5.75 Å². The van der Waals surface area contributed by atoms with Gasteiger partial charge in [-0.3, -0.25) is 4.79 Å². The summed E-state index contributed by atoms with van der Waals surface area (Å²) in [5.41, 5.74) is 1.85. The number of anilines is 1. The molecule has 33 heavy (non-hydrogen) atoms. The van der Waals surface area contributed by atoms with Crippen molar-refractivity contribution in [3.05, 3.63) is 95.3 Å². The number of pyridine rings is 1. The number of aromatic nitrogens is 1. The molecule has 172 valence electrons. The van der Waals surface area contributed by atoms with Crippen molar-refractivity contribution in [3.63, 3.8) is 0 Å². The minimum atomic E-state index is -0.957. The molecule has 3 N–H and O–H groups in total. The summed E-state index contributed by atoms with van der Waals surface area (Å²) in [5, 5.41) is 8.83. The highest BCUT2D eigenvalue weighted by atomic mass is 19.2. The van der Waals surface area contributed by atoms with Crippen LogP contribution in [0.2, 0.25) is 0 Å². The lowest BCUT2D eigenvalue weighted by molar-refractivity contribution is 0.0940. The molecule has 0 saturated heterocycles. The van der Waals surface area contributed by atoms with Gasteiger partial charge in [0.25, 0.3) is 5.91 Å². The number of hydrogen-bond acceptors (Lipinski definition) is 5. The Kier molecular flexibility index (Phi) is 8.35. The van der Waals surface area contributed by atoms with Gasteiger partial charge in [-0.15, -0.1) is 0 Å². The van der Waals surface area contributed by atoms with Crippen LogP contribution in [-0.4, -0.2) is 31.1 Å². The van der Waals surface area contributed by atoms with Gasteiger partial charge in [-0.2, -0.15) is 0 Å². The van der Waals surface area contributed by atoms with Crippen LogP contribution in [0.1, 0.15) is 34.5 Å². The van der Waals surface area contributed by atoms with E-state index in [1.165, 1.54) is 6.07 Å². The van der Waals surface area contributed by atoms with E-state index in [0.29, 0.717) is 30.1 Å². The first-order chi connectivity index (χ1) is 16.0. The molecule has 1 amide bonds. The molecular weight excluding hydrogens is 426 g/mol. The molecule has 1 aromatic heterocycles. The van der Waals surface area contributed by atoms with Crippen LogP contribution >= 0.6 is 0 Å². The third-order valence-corrected chi connectivity index (χ3v) is 4.83. The van der Waals surface area contributed by atoms with Gasteiger partial charge >= 0.3 is 0 Å². The lowest BCUT2D eigenvalue weighted by Crippen LogP contribution is -2.28. The summed E-state index contributed by atoms with van der Waals surface area (Å²) in [5.74, 6) is -1.13. The standard InChI is InChI=1S/C25H26F2N4O2/c1-17(19-7-10-22(26)23(27)16-19)31-25(32)21-4-3-12-29-24(21)30-14-15-33-20-8-5-18(6-9-20)11-13-28-2/h3-13,16-17,28H,14-15H2,1-2H3,(H,29,30)(H,31,32)/b13-11-. The number of nitrogens with one attached hydrogen (secondary N) is 3. The predicted octanol–water partition coefficient (Wildman–Crippen LogP) is 4.53. The van der Waals surface area contributed by atoms with E-state index < -0.39 is 17.7 Å². The maximum absolute atomic E-state index is 13.5. The Morgan fingerprint density at radius 1 is 1.12 bits per heavy atom. The fourth-order valence-corrected chi connectivity index (χ4v) is 3.06. The molecule has 0 radical (unpaired) electrons. The molecule has 6 nitrogen and oxygen atoms in total. The molecule has 1 heterocycles. The molecule has 3 rings (SSSR count). The molecule has 0 fully saturated rings. The lowest BCUT2D eigenvalue weighted by Gasteiger charge is -2.16. The highest BCUT2D eigenvalue weighted by Gasteiger charge is 2.16. The van der Waals surface area contributed by atoms with E-state index in [4.69, 9.17) is 4.74 Å². The number of halogens is 2. The number of carbonyl (C=O) groups is 1. The maximum Gasteiger partial charge on any atom is 0.255 e. The van der Waals surface area contributed by atoms with Gasteiger partial charge in [0, 0.05) is 13.2 Å². The van der Waals surface area contributed by atoms with Crippen LogP contribution < -0.4 is 20.7 Å². The zero-order chi connectivity index (χ0) is 23.6. The van der Waals surface area contributed by atoms with Crippen LogP contribution in [0.3, 0.4) is 0 Å². The Balaban J connectivity index is 1.54. The number of rotatable bonds is 10. The van der Waals surface area contributed by atoms with E-state index in [1.54, 1.807) is 25.3 Å². The summed E-state index contributed by atoms with van der Waals surface area (Å²) in [6.07, 6.45) is 5.38. The molecule has 8 heteroatoms. The summed E-state index contributed by atoms with van der Waals surface area (Å²) < 4.78 is 32.4. The van der Waals surface area contributed by atoms with Crippen molar-refractivity contribution in [2.75, 3.05) is 25.5 Å². The molecule has 0 spiro atoms. The van der Waals surface area contributed by atoms with Gasteiger partial charge in [-0.05, 0) is 66.7 Å². The fourth-order valence-electron chi connectivity index (χ4n) is 3.06. The van der Waals surface area contributed by atoms with Crippen LogP contribution in [0, 0.1) is 11.6 Å². The Labute approximate surface area is 191 Å². The zero-order valence-electron chi connectivity index (χ0n) is 18.4. The summed E-state index contributed by atoms with van der Waals surface area (Å²) in [7, 11) is 1.84. The number of carbonyl (C=O) groups excluding carboxylic acids is 1. The zero-order valence-corrected chi connectivity index (χ0v) is 18.4. The molecule has 3 aromatic rings. The van der Waals surface area contributed by atoms with Crippen molar-refractivity contribution in [1.82, 2.24) is 15.6 Å². The van der Waals surface area contributed by atoms with E-state index in [1.807, 2.05) is 43.6 Å². The van der Waals surface area contributed by atoms with E-state index in [2.05, 4.69) is 20.9 Å². The molecule has 0 aliphatic heterocycles. The van der Waals surface area contributed by atoms with Crippen molar-refractivity contribution in [2.45, 2.75) is 13.0 Å². The van der Waals surface area contributed by atoms with Crippen LogP contribution in [0.15, 0.2) is 67.0 Å². The van der Waals surface area contributed by atoms with Gasteiger partial charge in [0.05, 0.1) is 18.2 Å². The number of nitrogens with zero attached hydrogens (tertiary/aromatic N) is 1. The predicted molar refractivity (Wildman–Crippen MR) is 125 cm³/mol. The lowest BCUT2D eigenvalue weighted by atomic mass is 10.1. The van der Waals surface area contributed by atoms with Crippen molar-refractivity contribution in [1.29, 1.82) is 0 Å². The molecule has 1 atom stereocenters. The molecule has 0 aliphatic carbocycles. The SMILES string of the molecule is CN/C=C\c1ccc(OCCNc2ncccc2C(=O)NC(C)c2ccc(F)c(F)c2)cc1. The monoisotopic (exact) mass is 452 g/mol. The van der Waals surface area contributed by atoms with Crippen molar-refractivity contribution < 1.29 is 18.3 Å². The first kappa shape index (κ1) is 23.7. The summed E-state index contributed by atoms with van der Waals surface area (Å²) in [6, 6.07) is 14.0. The Morgan fingerprint density at radius 2 is 1.91 bits per heavy atom. The van der Waals surface area contributed by atoms with Gasteiger partial charge in [0.1, 0.15) is 18.2 Å². The maximum atomic E-state index is 13.5. The van der Waals surface area contributed by atoms with Gasteiger partial charge in [0.15, 0.2) is 11.6 Å². The van der Waals surface area contributed by atoms with Gasteiger partial charge < -0.3 is 20.7 Å². The van der Waals surface area contributed by atoms with Crippen LogP contribution in [0.25, 0.3) is 6.08 Å². The Hall–Kier alpha value is -3.94. The molecule has 0 aliphatic rings. The molecule has 0 bridgehead atoms. The van der Waals surface area contributed by atoms with Crippen LogP contribution in [-0.2, 0) is 0 Å². The highest BCUT2D eigenvalue weighted by molar-refractivity contribution is 5.98. The van der Waals surface area contributed by atoms with Gasteiger partial charge in [-0.1, -0.05) is 18.2 Å². The second-order valence-electron chi connectivity index (χ2n) is 7.23. The third kappa shape index (κ3) is 6.77. The van der Waals surface area contributed by atoms with Gasteiger partial charge in [0.2, 0.25) is 0 Å². The minimum Gasteiger partial charge on any atom is -0.492 e. The van der Waals surface area contributed by atoms with E-state index in [-0.39, 0.29) is 5.91 Å². The largest absolute Gasteiger partial charge is 0.492 e. The topological polar surface area (TPSA) is 75.3 Å². The highest BCUT2D eigenvalue weighted by Crippen LogP contribution is 2.18. The quantitative estimate of drug-likeness (QED) is 0.394. The number of benzene rings is 2. The smallest absolute Gasteiger partial charge is 0.255 e. The normalized spacial score (nSPS) is 11.8. The second-order valence-corrected chi connectivity index (χ2v) is 7.23. The molecule has 0 saturated carbocycles. The average Bonchev–Trinajstić information content (AvgIpc) is 2.83. The Bertz CT molecular complexity index is 1100. The number of ether oxygens (including phenoxy) is 1. The van der Waals surface area contributed by atoms with E-state index in [0.717, 1.165) is 23.4 Å². The van der Waals surface area contributed by atoms with Crippen LogP contribution in [0.5, 0.6) is 5.75 Å². The van der Waals surface area contributed by atoms with Crippen molar-refractivity contribution >= 4 is 17.8 Å². The average molecular weight is 453 g/mol. The molecule has 2 aromatic carbocycles.